The molecule has 10 heteroatoms. The van der Waals surface area contributed by atoms with Crippen LogP contribution in [0.4, 0.5) is 11.6 Å². The van der Waals surface area contributed by atoms with E-state index in [1.165, 1.54) is 0 Å². The Bertz CT molecular complexity index is 1480. The number of carbonyl (C=O) groups excluding carboxylic acids is 1. The van der Waals surface area contributed by atoms with Gasteiger partial charge in [-0.1, -0.05) is 12.1 Å². The Hall–Kier alpha value is -4.86. The highest BCUT2D eigenvalue weighted by atomic mass is 16.5. The minimum Gasteiger partial charge on any atom is -0.497 e. The van der Waals surface area contributed by atoms with Crippen molar-refractivity contribution in [3.63, 3.8) is 0 Å². The number of carbonyl (C=O) groups is 1. The van der Waals surface area contributed by atoms with Crippen molar-refractivity contribution in [3.8, 4) is 28.6 Å². The molecular formula is C27H26N6O4. The third-order valence-electron chi connectivity index (χ3n) is 6.10. The van der Waals surface area contributed by atoms with Crippen LogP contribution in [-0.4, -0.2) is 47.0 Å². The number of nitrogens with zero attached hydrogens (tertiary/aromatic N) is 4. The molecule has 0 unspecified atom stereocenters. The highest BCUT2D eigenvalue weighted by Crippen LogP contribution is 2.42. The molecule has 2 aromatic heterocycles. The fourth-order valence-electron chi connectivity index (χ4n) is 4.36. The zero-order chi connectivity index (χ0) is 25.9. The number of ether oxygens (including phenoxy) is 3. The van der Waals surface area contributed by atoms with Crippen LogP contribution in [0.3, 0.4) is 0 Å². The van der Waals surface area contributed by atoms with Gasteiger partial charge < -0.3 is 24.8 Å². The maximum absolute atomic E-state index is 13.7. The van der Waals surface area contributed by atoms with Gasteiger partial charge in [-0.15, -0.1) is 5.10 Å². The van der Waals surface area contributed by atoms with Crippen LogP contribution in [0, 0.1) is 0 Å². The fourth-order valence-corrected chi connectivity index (χ4v) is 4.36. The lowest BCUT2D eigenvalue weighted by molar-refractivity contribution is -0.113. The van der Waals surface area contributed by atoms with Crippen LogP contribution < -0.4 is 24.8 Å². The van der Waals surface area contributed by atoms with Gasteiger partial charge >= 0.3 is 0 Å². The molecule has 2 aromatic carbocycles. The molecule has 37 heavy (non-hydrogen) atoms. The predicted molar refractivity (Wildman–Crippen MR) is 139 cm³/mol. The van der Waals surface area contributed by atoms with E-state index in [0.717, 1.165) is 5.56 Å². The van der Waals surface area contributed by atoms with Crippen LogP contribution in [-0.2, 0) is 4.79 Å². The van der Waals surface area contributed by atoms with Crippen molar-refractivity contribution >= 4 is 17.5 Å². The number of allylic oxidation sites excluding steroid dienone is 1. The van der Waals surface area contributed by atoms with Crippen LogP contribution in [0.25, 0.3) is 11.4 Å². The average Bonchev–Trinajstić information content (AvgIpc) is 3.35. The van der Waals surface area contributed by atoms with Gasteiger partial charge in [0.05, 0.1) is 44.4 Å². The fraction of sp³-hybridized carbons (Fsp3) is 0.185. The van der Waals surface area contributed by atoms with E-state index in [0.29, 0.717) is 51.5 Å². The zero-order valence-electron chi connectivity index (χ0n) is 20.9. The Balaban J connectivity index is 1.68. The Labute approximate surface area is 213 Å². The molecular weight excluding hydrogens is 472 g/mol. The number of rotatable bonds is 7. The van der Waals surface area contributed by atoms with Gasteiger partial charge in [0, 0.05) is 17.5 Å². The van der Waals surface area contributed by atoms with E-state index in [1.807, 2.05) is 37.3 Å². The van der Waals surface area contributed by atoms with Gasteiger partial charge in [0.15, 0.2) is 5.82 Å². The van der Waals surface area contributed by atoms with Gasteiger partial charge in [-0.05, 0) is 49.4 Å². The topological polar surface area (TPSA) is 112 Å². The van der Waals surface area contributed by atoms with E-state index in [-0.39, 0.29) is 5.91 Å². The molecule has 3 heterocycles. The molecule has 5 rings (SSSR count). The molecule has 1 amide bonds. The SMILES string of the molecule is COc1ccc(OC)c([C@@H]2C(C(=O)Nc3cccnc3)=C(C)Nc3nc(-c4ccccc4OC)nn32)c1. The lowest BCUT2D eigenvalue weighted by atomic mass is 9.94. The zero-order valence-corrected chi connectivity index (χ0v) is 20.9. The molecule has 1 aliphatic rings. The molecule has 10 nitrogen and oxygen atoms in total. The smallest absolute Gasteiger partial charge is 0.255 e. The molecule has 0 bridgehead atoms. The van der Waals surface area contributed by atoms with Crippen LogP contribution in [0.2, 0.25) is 0 Å². The molecule has 0 radical (unpaired) electrons. The van der Waals surface area contributed by atoms with E-state index >= 15 is 0 Å². The van der Waals surface area contributed by atoms with E-state index in [9.17, 15) is 4.79 Å². The van der Waals surface area contributed by atoms with Crippen molar-refractivity contribution in [2.45, 2.75) is 13.0 Å². The van der Waals surface area contributed by atoms with Crippen LogP contribution in [0.15, 0.2) is 78.3 Å². The second kappa shape index (κ2) is 10.0. The minimum absolute atomic E-state index is 0.312. The molecule has 0 spiro atoms. The van der Waals surface area contributed by atoms with Crippen molar-refractivity contribution in [1.29, 1.82) is 0 Å². The first kappa shape index (κ1) is 23.9. The second-order valence-corrected chi connectivity index (χ2v) is 8.27. The summed E-state index contributed by atoms with van der Waals surface area (Å²) in [5.41, 5.74) is 3.06. The third kappa shape index (κ3) is 4.44. The van der Waals surface area contributed by atoms with Crippen molar-refractivity contribution in [2.75, 3.05) is 32.0 Å². The molecule has 4 aromatic rings. The number of hydrogen-bond acceptors (Lipinski definition) is 8. The third-order valence-corrected chi connectivity index (χ3v) is 6.10. The summed E-state index contributed by atoms with van der Waals surface area (Å²) in [6.45, 7) is 1.83. The number of nitrogens with one attached hydrogen (secondary N) is 2. The van der Waals surface area contributed by atoms with Gasteiger partial charge in [-0.2, -0.15) is 4.98 Å². The number of hydrogen-bond donors (Lipinski definition) is 2. The molecule has 1 atom stereocenters. The highest BCUT2D eigenvalue weighted by Gasteiger charge is 2.36. The highest BCUT2D eigenvalue weighted by molar-refractivity contribution is 6.06. The van der Waals surface area contributed by atoms with Crippen LogP contribution in [0.1, 0.15) is 18.5 Å². The summed E-state index contributed by atoms with van der Waals surface area (Å²) in [4.78, 5) is 22.6. The van der Waals surface area contributed by atoms with Gasteiger partial charge in [-0.3, -0.25) is 9.78 Å². The molecule has 1 aliphatic heterocycles. The number of para-hydroxylation sites is 1. The number of anilines is 2. The maximum atomic E-state index is 13.7. The first-order valence-electron chi connectivity index (χ1n) is 11.5. The second-order valence-electron chi connectivity index (χ2n) is 8.27. The summed E-state index contributed by atoms with van der Waals surface area (Å²) in [6.07, 6.45) is 3.24. The lowest BCUT2D eigenvalue weighted by Crippen LogP contribution is -2.31. The number of benzene rings is 2. The summed E-state index contributed by atoms with van der Waals surface area (Å²) >= 11 is 0. The van der Waals surface area contributed by atoms with Crippen molar-refractivity contribution < 1.29 is 19.0 Å². The quantitative estimate of drug-likeness (QED) is 0.388. The maximum Gasteiger partial charge on any atom is 0.255 e. The van der Waals surface area contributed by atoms with Crippen LogP contribution >= 0.6 is 0 Å². The van der Waals surface area contributed by atoms with E-state index in [4.69, 9.17) is 24.3 Å². The lowest BCUT2D eigenvalue weighted by Gasteiger charge is -2.29. The van der Waals surface area contributed by atoms with E-state index < -0.39 is 6.04 Å². The van der Waals surface area contributed by atoms with Gasteiger partial charge in [-0.25, -0.2) is 4.68 Å². The number of amides is 1. The minimum atomic E-state index is -0.672. The van der Waals surface area contributed by atoms with E-state index in [2.05, 4.69) is 15.6 Å². The van der Waals surface area contributed by atoms with Gasteiger partial charge in [0.2, 0.25) is 5.95 Å². The first-order valence-corrected chi connectivity index (χ1v) is 11.5. The Morgan fingerprint density at radius 2 is 1.81 bits per heavy atom. The number of methoxy groups -OCH3 is 3. The predicted octanol–water partition coefficient (Wildman–Crippen LogP) is 4.29. The summed E-state index contributed by atoms with van der Waals surface area (Å²) in [6, 6.07) is 15.8. The molecule has 0 aliphatic carbocycles. The normalized spacial score (nSPS) is 14.4. The number of pyridine rings is 1. The molecule has 0 fully saturated rings. The Morgan fingerprint density at radius 1 is 1.00 bits per heavy atom. The van der Waals surface area contributed by atoms with Gasteiger partial charge in [0.1, 0.15) is 23.3 Å². The van der Waals surface area contributed by atoms with Crippen molar-refractivity contribution in [1.82, 2.24) is 19.7 Å². The Morgan fingerprint density at radius 3 is 2.54 bits per heavy atom. The summed E-state index contributed by atoms with van der Waals surface area (Å²) < 4.78 is 18.4. The monoisotopic (exact) mass is 498 g/mol. The van der Waals surface area contributed by atoms with Gasteiger partial charge in [0.25, 0.3) is 5.91 Å². The summed E-state index contributed by atoms with van der Waals surface area (Å²) in [5, 5.41) is 11.0. The molecule has 0 saturated carbocycles. The number of aromatic nitrogens is 4. The average molecular weight is 499 g/mol. The Kier molecular flexibility index (Phi) is 6.46. The molecule has 2 N–H and O–H groups in total. The largest absolute Gasteiger partial charge is 0.497 e. The summed E-state index contributed by atoms with van der Waals surface area (Å²) in [7, 11) is 4.77. The van der Waals surface area contributed by atoms with Crippen molar-refractivity contribution in [2.24, 2.45) is 0 Å². The van der Waals surface area contributed by atoms with E-state index in [1.54, 1.807) is 62.7 Å². The van der Waals surface area contributed by atoms with Crippen LogP contribution in [0.5, 0.6) is 17.2 Å². The summed E-state index contributed by atoms with van der Waals surface area (Å²) in [5.74, 6) is 2.45. The standard InChI is InChI=1S/C27H26N6O4/c1-16-23(26(34)30-17-8-7-13-28-15-17)24(20-14-18(35-2)11-12-22(20)37-4)33-27(29-16)31-25(32-33)19-9-5-6-10-21(19)36-3/h5-15,24H,1-4H3,(H,30,34)(H,29,31,32)/t24-/m1/s1. The number of fused-ring (bicyclic) bond motifs is 1. The van der Waals surface area contributed by atoms with Crippen molar-refractivity contribution in [3.05, 3.63) is 83.8 Å². The molecule has 0 saturated heterocycles. The first-order chi connectivity index (χ1) is 18.0. The molecule has 188 valence electrons.